The molecule has 1 spiro atoms. The summed E-state index contributed by atoms with van der Waals surface area (Å²) in [4.78, 5) is 26.8. The van der Waals surface area contributed by atoms with Crippen LogP contribution in [0.1, 0.15) is 32.8 Å². The molecule has 2 atom stereocenters. The molecule has 3 rings (SSSR count). The molecule has 5 nitrogen and oxygen atoms in total. The number of urea groups is 1. The van der Waals surface area contributed by atoms with E-state index in [-0.39, 0.29) is 18.0 Å². The van der Waals surface area contributed by atoms with E-state index in [2.05, 4.69) is 5.32 Å². The average molecular weight is 337 g/mol. The summed E-state index contributed by atoms with van der Waals surface area (Å²) in [6.07, 6.45) is 0.463. The predicted molar refractivity (Wildman–Crippen MR) is 88.7 cm³/mol. The third kappa shape index (κ3) is 2.10. The summed E-state index contributed by atoms with van der Waals surface area (Å²) in [5.41, 5.74) is 0.0156. The van der Waals surface area contributed by atoms with Crippen molar-refractivity contribution in [3.8, 4) is 0 Å². The molecule has 2 aliphatic rings. The summed E-state index contributed by atoms with van der Waals surface area (Å²) in [5.74, 6) is -0.214. The number of nitrogens with zero attached hydrogens (tertiary/aromatic N) is 1. The summed E-state index contributed by atoms with van der Waals surface area (Å²) < 4.78 is 5.70. The molecule has 0 aromatic heterocycles. The fourth-order valence-electron chi connectivity index (χ4n) is 3.65. The number of halogens is 1. The van der Waals surface area contributed by atoms with Gasteiger partial charge in [-0.25, -0.2) is 9.69 Å². The van der Waals surface area contributed by atoms with E-state index < -0.39 is 11.0 Å². The number of hydrogen-bond donors (Lipinski definition) is 1. The smallest absolute Gasteiger partial charge is 0.329 e. The molecule has 1 saturated carbocycles. The number of hydrogen-bond acceptors (Lipinski definition) is 3. The Morgan fingerprint density at radius 2 is 2.09 bits per heavy atom. The number of carbonyl (C=O) groups excluding carboxylic acids is 2. The number of nitrogens with one attached hydrogen (secondary N) is 1. The summed E-state index contributed by atoms with van der Waals surface area (Å²) in [6, 6.07) is 4.75. The van der Waals surface area contributed by atoms with Crippen LogP contribution in [0.5, 0.6) is 0 Å². The maximum atomic E-state index is 13.1. The van der Waals surface area contributed by atoms with Crippen LogP contribution in [0, 0.1) is 12.3 Å². The van der Waals surface area contributed by atoms with Crippen LogP contribution in [-0.4, -0.2) is 30.2 Å². The van der Waals surface area contributed by atoms with Gasteiger partial charge in [-0.2, -0.15) is 0 Å². The SMILES string of the molecule is CCOC1CC2(NC(=O)N(c3ccc(Cl)cc3C)C2=O)C1(C)C. The Hall–Kier alpha value is -1.59. The van der Waals surface area contributed by atoms with Crippen molar-refractivity contribution >= 4 is 29.2 Å². The Kier molecular flexibility index (Phi) is 3.69. The van der Waals surface area contributed by atoms with Gasteiger partial charge < -0.3 is 10.1 Å². The van der Waals surface area contributed by atoms with Gasteiger partial charge in [-0.3, -0.25) is 4.79 Å². The topological polar surface area (TPSA) is 58.6 Å². The lowest BCUT2D eigenvalue weighted by Gasteiger charge is -2.57. The normalized spacial score (nSPS) is 28.9. The molecular weight excluding hydrogens is 316 g/mol. The second-order valence-electron chi connectivity index (χ2n) is 6.78. The van der Waals surface area contributed by atoms with Gasteiger partial charge in [-0.15, -0.1) is 0 Å². The first-order valence-corrected chi connectivity index (χ1v) is 8.17. The van der Waals surface area contributed by atoms with Crippen molar-refractivity contribution in [2.75, 3.05) is 11.5 Å². The van der Waals surface area contributed by atoms with E-state index in [0.717, 1.165) is 5.56 Å². The van der Waals surface area contributed by atoms with E-state index in [1.807, 2.05) is 27.7 Å². The Morgan fingerprint density at radius 1 is 1.39 bits per heavy atom. The van der Waals surface area contributed by atoms with Gasteiger partial charge in [-0.05, 0) is 37.6 Å². The first-order chi connectivity index (χ1) is 10.7. The minimum Gasteiger partial charge on any atom is -0.378 e. The maximum absolute atomic E-state index is 13.1. The molecule has 23 heavy (non-hydrogen) atoms. The van der Waals surface area contributed by atoms with Crippen molar-refractivity contribution in [1.82, 2.24) is 5.32 Å². The van der Waals surface area contributed by atoms with Gasteiger partial charge in [0.25, 0.3) is 5.91 Å². The van der Waals surface area contributed by atoms with E-state index in [9.17, 15) is 9.59 Å². The van der Waals surface area contributed by atoms with Gasteiger partial charge in [0.15, 0.2) is 0 Å². The van der Waals surface area contributed by atoms with Gasteiger partial charge in [0.1, 0.15) is 5.54 Å². The Balaban J connectivity index is 1.96. The zero-order valence-electron chi connectivity index (χ0n) is 13.8. The molecule has 1 heterocycles. The van der Waals surface area contributed by atoms with E-state index in [0.29, 0.717) is 23.7 Å². The number of amides is 3. The Bertz CT molecular complexity index is 688. The highest BCUT2D eigenvalue weighted by molar-refractivity contribution is 6.31. The fraction of sp³-hybridized carbons (Fsp3) is 0.529. The highest BCUT2D eigenvalue weighted by Crippen LogP contribution is 2.54. The second-order valence-corrected chi connectivity index (χ2v) is 7.21. The van der Waals surface area contributed by atoms with Crippen LogP contribution in [0.25, 0.3) is 0 Å². The van der Waals surface area contributed by atoms with Gasteiger partial charge in [0.2, 0.25) is 0 Å². The van der Waals surface area contributed by atoms with Crippen molar-refractivity contribution in [3.63, 3.8) is 0 Å². The molecule has 6 heteroatoms. The molecule has 1 aliphatic heterocycles. The number of imide groups is 1. The van der Waals surface area contributed by atoms with Crippen molar-refractivity contribution in [2.24, 2.45) is 5.41 Å². The fourth-order valence-corrected chi connectivity index (χ4v) is 3.87. The molecule has 0 radical (unpaired) electrons. The summed E-state index contributed by atoms with van der Waals surface area (Å²) in [7, 11) is 0. The van der Waals surface area contributed by atoms with Crippen molar-refractivity contribution < 1.29 is 14.3 Å². The van der Waals surface area contributed by atoms with E-state index in [4.69, 9.17) is 16.3 Å². The molecule has 2 unspecified atom stereocenters. The lowest BCUT2D eigenvalue weighted by molar-refractivity contribution is -0.169. The Morgan fingerprint density at radius 3 is 2.65 bits per heavy atom. The number of carbonyl (C=O) groups is 2. The van der Waals surface area contributed by atoms with Crippen LogP contribution in [0.4, 0.5) is 10.5 Å². The van der Waals surface area contributed by atoms with E-state index >= 15 is 0 Å². The summed E-state index contributed by atoms with van der Waals surface area (Å²) in [6.45, 7) is 8.29. The molecule has 1 saturated heterocycles. The molecule has 1 aromatic carbocycles. The second kappa shape index (κ2) is 5.21. The molecule has 1 N–H and O–H groups in total. The van der Waals surface area contributed by atoms with Crippen LogP contribution >= 0.6 is 11.6 Å². The molecule has 3 amide bonds. The highest BCUT2D eigenvalue weighted by atomic mass is 35.5. The van der Waals surface area contributed by atoms with Crippen molar-refractivity contribution in [3.05, 3.63) is 28.8 Å². The van der Waals surface area contributed by atoms with Crippen LogP contribution in [0.15, 0.2) is 18.2 Å². The standard InChI is InChI=1S/C17H21ClN2O3/c1-5-23-13-9-17(16(13,3)4)14(21)20(15(22)19-17)12-7-6-11(18)8-10(12)2/h6-8,13H,5,9H2,1-4H3,(H,19,22). The van der Waals surface area contributed by atoms with Crippen LogP contribution in [0.2, 0.25) is 5.02 Å². The average Bonchev–Trinajstić information content (AvgIpc) is 2.73. The van der Waals surface area contributed by atoms with Gasteiger partial charge in [0, 0.05) is 23.5 Å². The third-order valence-electron chi connectivity index (χ3n) is 5.26. The number of aryl methyl sites for hydroxylation is 1. The van der Waals surface area contributed by atoms with Crippen LogP contribution in [-0.2, 0) is 9.53 Å². The monoisotopic (exact) mass is 336 g/mol. The first-order valence-electron chi connectivity index (χ1n) is 7.79. The van der Waals surface area contributed by atoms with Gasteiger partial charge in [-0.1, -0.05) is 25.4 Å². The summed E-state index contributed by atoms with van der Waals surface area (Å²) in [5, 5.41) is 3.49. The van der Waals surface area contributed by atoms with Gasteiger partial charge in [0.05, 0.1) is 11.8 Å². The number of benzene rings is 1. The van der Waals surface area contributed by atoms with Crippen molar-refractivity contribution in [2.45, 2.75) is 45.8 Å². The maximum Gasteiger partial charge on any atom is 0.329 e. The predicted octanol–water partition coefficient (Wildman–Crippen LogP) is 3.28. The number of rotatable bonds is 3. The highest BCUT2D eigenvalue weighted by Gasteiger charge is 2.70. The molecule has 1 aliphatic carbocycles. The molecule has 2 fully saturated rings. The zero-order chi connectivity index (χ0) is 17.0. The summed E-state index contributed by atoms with van der Waals surface area (Å²) >= 11 is 5.97. The first kappa shape index (κ1) is 16.3. The largest absolute Gasteiger partial charge is 0.378 e. The van der Waals surface area contributed by atoms with Gasteiger partial charge >= 0.3 is 6.03 Å². The van der Waals surface area contributed by atoms with Crippen LogP contribution < -0.4 is 10.2 Å². The Labute approximate surface area is 140 Å². The van der Waals surface area contributed by atoms with Crippen molar-refractivity contribution in [1.29, 1.82) is 0 Å². The quantitative estimate of drug-likeness (QED) is 0.862. The number of anilines is 1. The molecule has 0 bridgehead atoms. The molecule has 124 valence electrons. The molecular formula is C17H21ClN2O3. The van der Waals surface area contributed by atoms with E-state index in [1.54, 1.807) is 18.2 Å². The third-order valence-corrected chi connectivity index (χ3v) is 5.49. The molecule has 1 aromatic rings. The number of ether oxygens (including phenoxy) is 1. The minimum absolute atomic E-state index is 0.0389. The lowest BCUT2D eigenvalue weighted by Crippen LogP contribution is -2.73. The van der Waals surface area contributed by atoms with Crippen LogP contribution in [0.3, 0.4) is 0 Å². The zero-order valence-corrected chi connectivity index (χ0v) is 14.5. The minimum atomic E-state index is -0.893. The lowest BCUT2D eigenvalue weighted by atomic mass is 9.54. The van der Waals surface area contributed by atoms with E-state index in [1.165, 1.54) is 4.90 Å².